The second kappa shape index (κ2) is 8.12. The Kier molecular flexibility index (Phi) is 5.87. The second-order valence-electron chi connectivity index (χ2n) is 6.07. The van der Waals surface area contributed by atoms with Crippen molar-refractivity contribution in [2.45, 2.75) is 20.4 Å². The first kappa shape index (κ1) is 18.8. The molecule has 0 aliphatic heterocycles. The quantitative estimate of drug-likeness (QED) is 0.520. The van der Waals surface area contributed by atoms with E-state index < -0.39 is 0 Å². The Labute approximate surface area is 163 Å². The number of benzene rings is 2. The Balaban J connectivity index is 1.99. The fourth-order valence-electron chi connectivity index (χ4n) is 2.93. The standard InChI is InChI=1S/C20H21Cl2N3O/c1-3-25(4-2)12-13-9-15(22)11-19(20(13)26)24-17-7-8-23-18-10-14(21)5-6-16(17)18/h5-11,26H,3-4,12H2,1-2H3,(H,23,24). The van der Waals surface area contributed by atoms with Crippen LogP contribution in [0.5, 0.6) is 5.75 Å². The van der Waals surface area contributed by atoms with Crippen LogP contribution in [-0.2, 0) is 6.54 Å². The monoisotopic (exact) mass is 389 g/mol. The van der Waals surface area contributed by atoms with Gasteiger partial charge in [-0.15, -0.1) is 0 Å². The molecular formula is C20H21Cl2N3O. The maximum Gasteiger partial charge on any atom is 0.143 e. The number of phenols is 1. The van der Waals surface area contributed by atoms with E-state index in [9.17, 15) is 5.11 Å². The summed E-state index contributed by atoms with van der Waals surface area (Å²) in [5.41, 5.74) is 2.98. The van der Waals surface area contributed by atoms with Crippen LogP contribution in [0.4, 0.5) is 11.4 Å². The molecule has 4 nitrogen and oxygen atoms in total. The van der Waals surface area contributed by atoms with Gasteiger partial charge in [-0.3, -0.25) is 9.88 Å². The fourth-order valence-corrected chi connectivity index (χ4v) is 3.34. The van der Waals surface area contributed by atoms with Crippen molar-refractivity contribution in [1.29, 1.82) is 0 Å². The van der Waals surface area contributed by atoms with Crippen LogP contribution in [0, 0.1) is 0 Å². The van der Waals surface area contributed by atoms with Crippen molar-refractivity contribution < 1.29 is 5.11 Å². The van der Waals surface area contributed by atoms with E-state index in [1.807, 2.05) is 30.3 Å². The summed E-state index contributed by atoms with van der Waals surface area (Å²) in [6, 6.07) is 10.9. The highest BCUT2D eigenvalue weighted by Gasteiger charge is 2.13. The average molecular weight is 390 g/mol. The topological polar surface area (TPSA) is 48.4 Å². The van der Waals surface area contributed by atoms with Gasteiger partial charge in [-0.05, 0) is 49.5 Å². The number of rotatable bonds is 6. The molecule has 136 valence electrons. The number of halogens is 2. The maximum atomic E-state index is 10.7. The molecule has 0 bridgehead atoms. The molecule has 0 radical (unpaired) electrons. The van der Waals surface area contributed by atoms with E-state index in [0.717, 1.165) is 35.2 Å². The SMILES string of the molecule is CCN(CC)Cc1cc(Cl)cc(Nc2ccnc3cc(Cl)ccc23)c1O. The van der Waals surface area contributed by atoms with E-state index in [2.05, 4.69) is 29.0 Å². The van der Waals surface area contributed by atoms with Crippen LogP contribution in [0.3, 0.4) is 0 Å². The number of pyridine rings is 1. The van der Waals surface area contributed by atoms with Gasteiger partial charge in [-0.1, -0.05) is 37.0 Å². The molecule has 0 amide bonds. The van der Waals surface area contributed by atoms with Crippen molar-refractivity contribution in [3.63, 3.8) is 0 Å². The molecule has 1 aromatic heterocycles. The van der Waals surface area contributed by atoms with Crippen molar-refractivity contribution >= 4 is 45.5 Å². The van der Waals surface area contributed by atoms with Gasteiger partial charge in [-0.25, -0.2) is 0 Å². The molecule has 0 aliphatic carbocycles. The van der Waals surface area contributed by atoms with Crippen LogP contribution < -0.4 is 5.32 Å². The van der Waals surface area contributed by atoms with E-state index in [4.69, 9.17) is 23.2 Å². The van der Waals surface area contributed by atoms with Crippen LogP contribution in [-0.4, -0.2) is 28.1 Å². The Morgan fingerprint density at radius 3 is 2.50 bits per heavy atom. The summed E-state index contributed by atoms with van der Waals surface area (Å²) in [6.07, 6.45) is 1.71. The molecule has 0 spiro atoms. The number of nitrogens with zero attached hydrogens (tertiary/aromatic N) is 2. The van der Waals surface area contributed by atoms with Gasteiger partial charge in [-0.2, -0.15) is 0 Å². The molecule has 1 heterocycles. The predicted molar refractivity (Wildman–Crippen MR) is 110 cm³/mol. The van der Waals surface area contributed by atoms with Gasteiger partial charge in [0.1, 0.15) is 5.75 Å². The summed E-state index contributed by atoms with van der Waals surface area (Å²) in [4.78, 5) is 6.56. The fraction of sp³-hybridized carbons (Fsp3) is 0.250. The van der Waals surface area contributed by atoms with Crippen molar-refractivity contribution in [2.24, 2.45) is 0 Å². The van der Waals surface area contributed by atoms with Gasteiger partial charge in [0.15, 0.2) is 0 Å². The third kappa shape index (κ3) is 4.04. The van der Waals surface area contributed by atoms with E-state index in [1.54, 1.807) is 12.3 Å². The molecule has 26 heavy (non-hydrogen) atoms. The Hall–Kier alpha value is -2.01. The van der Waals surface area contributed by atoms with Gasteiger partial charge in [0, 0.05) is 39.4 Å². The Morgan fingerprint density at radius 1 is 1.00 bits per heavy atom. The van der Waals surface area contributed by atoms with Gasteiger partial charge < -0.3 is 10.4 Å². The van der Waals surface area contributed by atoms with Gasteiger partial charge in [0.05, 0.1) is 11.2 Å². The van der Waals surface area contributed by atoms with E-state index >= 15 is 0 Å². The van der Waals surface area contributed by atoms with Gasteiger partial charge in [0.2, 0.25) is 0 Å². The predicted octanol–water partition coefficient (Wildman–Crippen LogP) is 5.83. The molecule has 2 N–H and O–H groups in total. The molecule has 3 aromatic rings. The Morgan fingerprint density at radius 2 is 1.77 bits per heavy atom. The van der Waals surface area contributed by atoms with E-state index in [0.29, 0.717) is 22.3 Å². The van der Waals surface area contributed by atoms with Gasteiger partial charge >= 0.3 is 0 Å². The average Bonchev–Trinajstić information content (AvgIpc) is 2.63. The van der Waals surface area contributed by atoms with E-state index in [1.165, 1.54) is 0 Å². The highest BCUT2D eigenvalue weighted by atomic mass is 35.5. The highest BCUT2D eigenvalue weighted by Crippen LogP contribution is 2.36. The molecule has 0 atom stereocenters. The van der Waals surface area contributed by atoms with Crippen molar-refractivity contribution in [3.05, 3.63) is 58.2 Å². The highest BCUT2D eigenvalue weighted by molar-refractivity contribution is 6.31. The summed E-state index contributed by atoms with van der Waals surface area (Å²) in [7, 11) is 0. The molecular weight excluding hydrogens is 369 g/mol. The van der Waals surface area contributed by atoms with Crippen molar-refractivity contribution in [1.82, 2.24) is 9.88 Å². The lowest BCUT2D eigenvalue weighted by atomic mass is 10.1. The van der Waals surface area contributed by atoms with Crippen molar-refractivity contribution in [2.75, 3.05) is 18.4 Å². The van der Waals surface area contributed by atoms with Crippen LogP contribution in [0.2, 0.25) is 10.0 Å². The lowest BCUT2D eigenvalue weighted by Crippen LogP contribution is -2.22. The second-order valence-corrected chi connectivity index (χ2v) is 6.94. The normalized spacial score (nSPS) is 11.3. The summed E-state index contributed by atoms with van der Waals surface area (Å²) in [5, 5.41) is 16.2. The van der Waals surface area contributed by atoms with Crippen LogP contribution in [0.25, 0.3) is 10.9 Å². The summed E-state index contributed by atoms with van der Waals surface area (Å²) >= 11 is 12.3. The lowest BCUT2D eigenvalue weighted by molar-refractivity contribution is 0.291. The zero-order valence-corrected chi connectivity index (χ0v) is 16.3. The number of hydrogen-bond donors (Lipinski definition) is 2. The number of phenolic OH excluding ortho intramolecular Hbond substituents is 1. The molecule has 6 heteroatoms. The lowest BCUT2D eigenvalue weighted by Gasteiger charge is -2.20. The number of fused-ring (bicyclic) bond motifs is 1. The zero-order chi connectivity index (χ0) is 18.7. The summed E-state index contributed by atoms with van der Waals surface area (Å²) in [5.74, 6) is 0.209. The number of hydrogen-bond acceptors (Lipinski definition) is 4. The third-order valence-electron chi connectivity index (χ3n) is 4.42. The van der Waals surface area contributed by atoms with Crippen LogP contribution >= 0.6 is 23.2 Å². The van der Waals surface area contributed by atoms with Gasteiger partial charge in [0.25, 0.3) is 0 Å². The number of nitrogens with one attached hydrogen (secondary N) is 1. The summed E-state index contributed by atoms with van der Waals surface area (Å²) in [6.45, 7) is 6.64. The molecule has 3 rings (SSSR count). The number of aromatic nitrogens is 1. The number of aromatic hydroxyl groups is 1. The van der Waals surface area contributed by atoms with Crippen LogP contribution in [0.1, 0.15) is 19.4 Å². The third-order valence-corrected chi connectivity index (χ3v) is 4.87. The van der Waals surface area contributed by atoms with Crippen molar-refractivity contribution in [3.8, 4) is 5.75 Å². The smallest absolute Gasteiger partial charge is 0.143 e. The maximum absolute atomic E-state index is 10.7. The number of anilines is 2. The molecule has 2 aromatic carbocycles. The molecule has 0 aliphatic rings. The first-order chi connectivity index (χ1) is 12.5. The first-order valence-electron chi connectivity index (χ1n) is 8.56. The molecule has 0 fully saturated rings. The molecule has 0 saturated carbocycles. The molecule has 0 saturated heterocycles. The Bertz CT molecular complexity index is 926. The minimum atomic E-state index is 0.209. The minimum absolute atomic E-state index is 0.209. The largest absolute Gasteiger partial charge is 0.505 e. The first-order valence-corrected chi connectivity index (χ1v) is 9.32. The summed E-state index contributed by atoms with van der Waals surface area (Å²) < 4.78 is 0. The minimum Gasteiger partial charge on any atom is -0.505 e. The zero-order valence-electron chi connectivity index (χ0n) is 14.8. The van der Waals surface area contributed by atoms with Crippen LogP contribution in [0.15, 0.2) is 42.6 Å². The van der Waals surface area contributed by atoms with E-state index in [-0.39, 0.29) is 5.75 Å². The molecule has 0 unspecified atom stereocenters.